The molecule has 3 aromatic carbocycles. The standard InChI is InChI=1S/C18H10ClFO2/c19-10-5-6-11(14(20)9-10)12-7-8-16-17(18(12)21)13-3-1-2-4-15(13)22-16/h1-9,21H. The lowest BCUT2D eigenvalue weighted by Crippen LogP contribution is -1.85. The van der Waals surface area contributed by atoms with Crippen LogP contribution in [0.2, 0.25) is 5.02 Å². The molecule has 0 unspecified atom stereocenters. The van der Waals surface area contributed by atoms with E-state index >= 15 is 0 Å². The molecule has 0 saturated carbocycles. The fourth-order valence-electron chi connectivity index (χ4n) is 2.72. The number of aromatic hydroxyl groups is 1. The molecule has 0 saturated heterocycles. The maximum absolute atomic E-state index is 14.1. The maximum atomic E-state index is 14.1. The van der Waals surface area contributed by atoms with E-state index in [9.17, 15) is 9.50 Å². The predicted octanol–water partition coefficient (Wildman–Crippen LogP) is 5.75. The van der Waals surface area contributed by atoms with E-state index in [1.54, 1.807) is 24.3 Å². The molecule has 0 aliphatic heterocycles. The molecule has 1 heterocycles. The third kappa shape index (κ3) is 1.86. The first kappa shape index (κ1) is 13.2. The van der Waals surface area contributed by atoms with Gasteiger partial charge in [-0.15, -0.1) is 0 Å². The van der Waals surface area contributed by atoms with Crippen LogP contribution in [0.1, 0.15) is 0 Å². The Balaban J connectivity index is 2.07. The number of hydrogen-bond donors (Lipinski definition) is 1. The van der Waals surface area contributed by atoms with Gasteiger partial charge in [0.2, 0.25) is 0 Å². The summed E-state index contributed by atoms with van der Waals surface area (Å²) < 4.78 is 19.8. The normalized spacial score (nSPS) is 11.4. The Labute approximate surface area is 130 Å². The van der Waals surface area contributed by atoms with Crippen LogP contribution < -0.4 is 0 Å². The SMILES string of the molecule is Oc1c(-c2ccc(Cl)cc2F)ccc2oc3ccccc3c12. The first-order valence-corrected chi connectivity index (χ1v) is 7.11. The fourth-order valence-corrected chi connectivity index (χ4v) is 2.88. The van der Waals surface area contributed by atoms with Gasteiger partial charge in [-0.25, -0.2) is 4.39 Å². The van der Waals surface area contributed by atoms with Gasteiger partial charge in [-0.05, 0) is 36.4 Å². The third-order valence-corrected chi connectivity index (χ3v) is 3.97. The number of phenols is 1. The molecule has 1 aromatic heterocycles. The van der Waals surface area contributed by atoms with Gasteiger partial charge in [0.05, 0.1) is 5.39 Å². The van der Waals surface area contributed by atoms with Crippen molar-refractivity contribution in [2.75, 3.05) is 0 Å². The second-order valence-corrected chi connectivity index (χ2v) is 5.49. The minimum absolute atomic E-state index is 0.00340. The van der Waals surface area contributed by atoms with Gasteiger partial charge in [0.25, 0.3) is 0 Å². The second kappa shape index (κ2) is 4.75. The molecule has 1 N–H and O–H groups in total. The number of halogens is 2. The molecule has 4 rings (SSSR count). The van der Waals surface area contributed by atoms with E-state index in [2.05, 4.69) is 0 Å². The van der Waals surface area contributed by atoms with Crippen molar-refractivity contribution in [2.24, 2.45) is 0 Å². The number of furan rings is 1. The number of phenolic OH excluding ortho intramolecular Hbond substituents is 1. The summed E-state index contributed by atoms with van der Waals surface area (Å²) >= 11 is 5.78. The molecule has 4 heteroatoms. The molecular formula is C18H10ClFO2. The van der Waals surface area contributed by atoms with E-state index < -0.39 is 5.82 Å². The molecule has 0 aliphatic rings. The summed E-state index contributed by atoms with van der Waals surface area (Å²) in [5, 5.41) is 12.3. The lowest BCUT2D eigenvalue weighted by atomic mass is 10.0. The smallest absolute Gasteiger partial charge is 0.139 e. The van der Waals surface area contributed by atoms with Crippen LogP contribution in [0.5, 0.6) is 5.75 Å². The van der Waals surface area contributed by atoms with Gasteiger partial charge < -0.3 is 9.52 Å². The number of benzene rings is 3. The van der Waals surface area contributed by atoms with Crippen molar-refractivity contribution in [1.29, 1.82) is 0 Å². The van der Waals surface area contributed by atoms with Crippen LogP contribution in [0.25, 0.3) is 33.1 Å². The number of para-hydroxylation sites is 1. The molecule has 0 amide bonds. The van der Waals surface area contributed by atoms with Crippen LogP contribution in [0.4, 0.5) is 4.39 Å². The number of rotatable bonds is 1. The Hall–Kier alpha value is -2.52. The lowest BCUT2D eigenvalue weighted by Gasteiger charge is -2.07. The fraction of sp³-hybridized carbons (Fsp3) is 0. The number of fused-ring (bicyclic) bond motifs is 3. The Bertz CT molecular complexity index is 1020. The summed E-state index contributed by atoms with van der Waals surface area (Å²) in [6, 6.07) is 15.2. The molecule has 0 atom stereocenters. The quantitative estimate of drug-likeness (QED) is 0.485. The molecule has 2 nitrogen and oxygen atoms in total. The van der Waals surface area contributed by atoms with Crippen LogP contribution in [-0.4, -0.2) is 5.11 Å². The van der Waals surface area contributed by atoms with Crippen molar-refractivity contribution in [3.63, 3.8) is 0 Å². The monoisotopic (exact) mass is 312 g/mol. The van der Waals surface area contributed by atoms with Gasteiger partial charge in [0, 0.05) is 21.5 Å². The minimum atomic E-state index is -0.477. The molecule has 108 valence electrons. The van der Waals surface area contributed by atoms with Gasteiger partial charge in [0.15, 0.2) is 0 Å². The van der Waals surface area contributed by atoms with Crippen molar-refractivity contribution in [3.05, 3.63) is 65.4 Å². The highest BCUT2D eigenvalue weighted by Crippen LogP contribution is 2.42. The summed E-state index contributed by atoms with van der Waals surface area (Å²) in [5.41, 5.74) is 1.96. The molecule has 0 radical (unpaired) electrons. The summed E-state index contributed by atoms with van der Waals surface area (Å²) in [6.45, 7) is 0. The van der Waals surface area contributed by atoms with Crippen LogP contribution in [-0.2, 0) is 0 Å². The van der Waals surface area contributed by atoms with Crippen LogP contribution in [0.3, 0.4) is 0 Å². The van der Waals surface area contributed by atoms with Gasteiger partial charge in [-0.2, -0.15) is 0 Å². The van der Waals surface area contributed by atoms with E-state index in [1.165, 1.54) is 6.07 Å². The zero-order valence-corrected chi connectivity index (χ0v) is 12.1. The highest BCUT2D eigenvalue weighted by molar-refractivity contribution is 6.30. The minimum Gasteiger partial charge on any atom is -0.507 e. The Morgan fingerprint density at radius 3 is 2.50 bits per heavy atom. The topological polar surface area (TPSA) is 33.4 Å². The zero-order valence-electron chi connectivity index (χ0n) is 11.3. The summed E-state index contributed by atoms with van der Waals surface area (Å²) in [4.78, 5) is 0. The van der Waals surface area contributed by atoms with Crippen molar-refractivity contribution in [2.45, 2.75) is 0 Å². The average molecular weight is 313 g/mol. The molecule has 0 spiro atoms. The Kier molecular flexibility index (Phi) is 2.84. The molecule has 0 bridgehead atoms. The third-order valence-electron chi connectivity index (χ3n) is 3.74. The van der Waals surface area contributed by atoms with E-state index in [1.807, 2.05) is 24.3 Å². The largest absolute Gasteiger partial charge is 0.507 e. The van der Waals surface area contributed by atoms with Gasteiger partial charge in [-0.1, -0.05) is 29.8 Å². The first-order chi connectivity index (χ1) is 10.6. The maximum Gasteiger partial charge on any atom is 0.139 e. The van der Waals surface area contributed by atoms with E-state index in [4.69, 9.17) is 16.0 Å². The molecule has 0 fully saturated rings. The summed E-state index contributed by atoms with van der Waals surface area (Å²) in [5.74, 6) is -0.473. The molecule has 22 heavy (non-hydrogen) atoms. The van der Waals surface area contributed by atoms with Crippen molar-refractivity contribution >= 4 is 33.5 Å². The summed E-state index contributed by atoms with van der Waals surface area (Å²) in [6.07, 6.45) is 0. The van der Waals surface area contributed by atoms with Crippen LogP contribution >= 0.6 is 11.6 Å². The Morgan fingerprint density at radius 2 is 1.68 bits per heavy atom. The lowest BCUT2D eigenvalue weighted by molar-refractivity contribution is 0.483. The van der Waals surface area contributed by atoms with Crippen molar-refractivity contribution < 1.29 is 13.9 Å². The number of hydrogen-bond acceptors (Lipinski definition) is 2. The molecule has 0 aliphatic carbocycles. The average Bonchev–Trinajstić information content (AvgIpc) is 2.88. The van der Waals surface area contributed by atoms with E-state index in [0.29, 0.717) is 32.7 Å². The molecule has 4 aromatic rings. The second-order valence-electron chi connectivity index (χ2n) is 5.06. The molecular weight excluding hydrogens is 303 g/mol. The van der Waals surface area contributed by atoms with Crippen molar-refractivity contribution in [3.8, 4) is 16.9 Å². The first-order valence-electron chi connectivity index (χ1n) is 6.74. The summed E-state index contributed by atoms with van der Waals surface area (Å²) in [7, 11) is 0. The highest BCUT2D eigenvalue weighted by atomic mass is 35.5. The van der Waals surface area contributed by atoms with Crippen molar-refractivity contribution in [1.82, 2.24) is 0 Å². The van der Waals surface area contributed by atoms with Crippen LogP contribution in [0, 0.1) is 5.82 Å². The van der Waals surface area contributed by atoms with Gasteiger partial charge >= 0.3 is 0 Å². The van der Waals surface area contributed by atoms with Crippen LogP contribution in [0.15, 0.2) is 59.0 Å². The van der Waals surface area contributed by atoms with E-state index in [0.717, 1.165) is 5.39 Å². The van der Waals surface area contributed by atoms with Gasteiger partial charge in [-0.3, -0.25) is 0 Å². The Morgan fingerprint density at radius 1 is 0.909 bits per heavy atom. The zero-order chi connectivity index (χ0) is 15.3. The van der Waals surface area contributed by atoms with E-state index in [-0.39, 0.29) is 5.75 Å². The highest BCUT2D eigenvalue weighted by Gasteiger charge is 2.17. The van der Waals surface area contributed by atoms with Gasteiger partial charge in [0.1, 0.15) is 22.7 Å². The predicted molar refractivity (Wildman–Crippen MR) is 85.8 cm³/mol.